The number of pyridine rings is 1. The van der Waals surface area contributed by atoms with Crippen molar-refractivity contribution in [3.8, 4) is 11.3 Å². The molecule has 0 unspecified atom stereocenters. The highest BCUT2D eigenvalue weighted by molar-refractivity contribution is 5.94. The third-order valence-corrected chi connectivity index (χ3v) is 5.44. The number of halogens is 1. The Morgan fingerprint density at radius 2 is 2.03 bits per heavy atom. The third kappa shape index (κ3) is 4.67. The first-order valence-electron chi connectivity index (χ1n) is 9.89. The Labute approximate surface area is 168 Å². The van der Waals surface area contributed by atoms with E-state index >= 15 is 0 Å². The number of hydrogen-bond donors (Lipinski definition) is 1. The van der Waals surface area contributed by atoms with E-state index in [1.165, 1.54) is 18.3 Å². The third-order valence-electron chi connectivity index (χ3n) is 5.44. The topological polar surface area (TPSA) is 80.9 Å². The highest BCUT2D eigenvalue weighted by Gasteiger charge is 2.26. The lowest BCUT2D eigenvalue weighted by atomic mass is 9.82. The van der Waals surface area contributed by atoms with Gasteiger partial charge in [0.2, 0.25) is 5.89 Å². The van der Waals surface area contributed by atoms with E-state index in [4.69, 9.17) is 4.52 Å². The van der Waals surface area contributed by atoms with Crippen molar-refractivity contribution in [3.05, 3.63) is 65.7 Å². The quantitative estimate of drug-likeness (QED) is 0.698. The summed E-state index contributed by atoms with van der Waals surface area (Å²) >= 11 is 0. The highest BCUT2D eigenvalue weighted by atomic mass is 19.1. The second kappa shape index (κ2) is 8.51. The van der Waals surface area contributed by atoms with Gasteiger partial charge in [-0.1, -0.05) is 17.3 Å². The van der Waals surface area contributed by atoms with Crippen LogP contribution in [0.5, 0.6) is 0 Å². The number of hydrogen-bond acceptors (Lipinski definition) is 5. The van der Waals surface area contributed by atoms with Gasteiger partial charge in [-0.2, -0.15) is 4.98 Å². The summed E-state index contributed by atoms with van der Waals surface area (Å²) in [7, 11) is 0. The van der Waals surface area contributed by atoms with Crippen LogP contribution in [0.1, 0.15) is 53.7 Å². The van der Waals surface area contributed by atoms with Gasteiger partial charge >= 0.3 is 0 Å². The van der Waals surface area contributed by atoms with Gasteiger partial charge in [0.15, 0.2) is 5.82 Å². The monoisotopic (exact) mass is 394 g/mol. The molecule has 6 nitrogen and oxygen atoms in total. The standard InChI is InChI=1S/C22H23FN4O2/c1-14-26-22(29-27-14)16-7-5-15(6-8-16)12-25-21(28)18-9-10-20(24-13-18)17-3-2-4-19(23)11-17/h2-4,9-11,13,15-16H,5-8,12H2,1H3,(H,25,28). The van der Waals surface area contributed by atoms with Crippen molar-refractivity contribution in [1.29, 1.82) is 0 Å². The Morgan fingerprint density at radius 3 is 2.69 bits per heavy atom. The summed E-state index contributed by atoms with van der Waals surface area (Å²) in [6, 6.07) is 9.70. The number of benzene rings is 1. The zero-order chi connectivity index (χ0) is 20.2. The molecular formula is C22H23FN4O2. The molecule has 1 saturated carbocycles. The number of aromatic nitrogens is 3. The Bertz CT molecular complexity index is 978. The van der Waals surface area contributed by atoms with Crippen LogP contribution in [0.15, 0.2) is 47.1 Å². The summed E-state index contributed by atoms with van der Waals surface area (Å²) in [6.07, 6.45) is 5.55. The highest BCUT2D eigenvalue weighted by Crippen LogP contribution is 2.34. The largest absolute Gasteiger partial charge is 0.352 e. The van der Waals surface area contributed by atoms with Crippen molar-refractivity contribution in [2.75, 3.05) is 6.54 Å². The first-order valence-corrected chi connectivity index (χ1v) is 9.89. The zero-order valence-electron chi connectivity index (χ0n) is 16.3. The van der Waals surface area contributed by atoms with Crippen molar-refractivity contribution in [2.24, 2.45) is 5.92 Å². The van der Waals surface area contributed by atoms with Gasteiger partial charge in [0.05, 0.1) is 11.3 Å². The summed E-state index contributed by atoms with van der Waals surface area (Å²) in [5.41, 5.74) is 1.82. The molecule has 0 aliphatic heterocycles. The molecule has 4 rings (SSSR count). The van der Waals surface area contributed by atoms with Gasteiger partial charge in [-0.25, -0.2) is 4.39 Å². The molecular weight excluding hydrogens is 371 g/mol. The van der Waals surface area contributed by atoms with Crippen LogP contribution >= 0.6 is 0 Å². The van der Waals surface area contributed by atoms with E-state index in [0.29, 0.717) is 41.0 Å². The van der Waals surface area contributed by atoms with Crippen LogP contribution in [-0.2, 0) is 0 Å². The SMILES string of the molecule is Cc1noc(C2CCC(CNC(=O)c3ccc(-c4cccc(F)c4)nc3)CC2)n1. The van der Waals surface area contributed by atoms with E-state index in [2.05, 4.69) is 20.4 Å². The lowest BCUT2D eigenvalue weighted by molar-refractivity contribution is 0.0942. The number of nitrogens with zero attached hydrogens (tertiary/aromatic N) is 3. The first-order chi connectivity index (χ1) is 14.1. The summed E-state index contributed by atoms with van der Waals surface area (Å²) in [5.74, 6) is 1.72. The summed E-state index contributed by atoms with van der Waals surface area (Å²) < 4.78 is 18.6. The average Bonchev–Trinajstić information content (AvgIpc) is 3.19. The average molecular weight is 394 g/mol. The molecule has 2 heterocycles. The van der Waals surface area contributed by atoms with Crippen LogP contribution < -0.4 is 5.32 Å². The van der Waals surface area contributed by atoms with E-state index in [-0.39, 0.29) is 11.7 Å². The minimum Gasteiger partial charge on any atom is -0.352 e. The summed E-state index contributed by atoms with van der Waals surface area (Å²) in [5, 5.41) is 6.87. The molecule has 0 bridgehead atoms. The Hall–Kier alpha value is -3.09. The molecule has 1 amide bonds. The van der Waals surface area contributed by atoms with Crippen LogP contribution in [0.25, 0.3) is 11.3 Å². The van der Waals surface area contributed by atoms with Gasteiger partial charge in [0.1, 0.15) is 5.82 Å². The first kappa shape index (κ1) is 19.2. The van der Waals surface area contributed by atoms with Crippen LogP contribution in [0, 0.1) is 18.7 Å². The van der Waals surface area contributed by atoms with Gasteiger partial charge in [0.25, 0.3) is 5.91 Å². The van der Waals surface area contributed by atoms with E-state index in [1.54, 1.807) is 24.3 Å². The predicted molar refractivity (Wildman–Crippen MR) is 106 cm³/mol. The molecule has 3 aromatic rings. The fraction of sp³-hybridized carbons (Fsp3) is 0.364. The molecule has 1 aliphatic rings. The fourth-order valence-corrected chi connectivity index (χ4v) is 3.78. The normalized spacial score (nSPS) is 19.1. The van der Waals surface area contributed by atoms with Crippen molar-refractivity contribution in [1.82, 2.24) is 20.4 Å². The van der Waals surface area contributed by atoms with Crippen LogP contribution in [0.2, 0.25) is 0 Å². The van der Waals surface area contributed by atoms with Crippen molar-refractivity contribution in [2.45, 2.75) is 38.5 Å². The molecule has 150 valence electrons. The molecule has 1 N–H and O–H groups in total. The molecule has 1 fully saturated rings. The van der Waals surface area contributed by atoms with Gasteiger partial charge < -0.3 is 9.84 Å². The van der Waals surface area contributed by atoms with Crippen LogP contribution in [0.3, 0.4) is 0 Å². The van der Waals surface area contributed by atoms with Gasteiger partial charge in [-0.15, -0.1) is 0 Å². The molecule has 29 heavy (non-hydrogen) atoms. The minimum absolute atomic E-state index is 0.141. The molecule has 7 heteroatoms. The maximum Gasteiger partial charge on any atom is 0.252 e. The van der Waals surface area contributed by atoms with E-state index < -0.39 is 0 Å². The predicted octanol–water partition coefficient (Wildman–Crippen LogP) is 4.28. The molecule has 0 spiro atoms. The lowest BCUT2D eigenvalue weighted by Crippen LogP contribution is -2.31. The van der Waals surface area contributed by atoms with Crippen LogP contribution in [-0.4, -0.2) is 27.6 Å². The van der Waals surface area contributed by atoms with E-state index in [1.807, 2.05) is 6.92 Å². The number of rotatable bonds is 5. The lowest BCUT2D eigenvalue weighted by Gasteiger charge is -2.26. The fourth-order valence-electron chi connectivity index (χ4n) is 3.78. The zero-order valence-corrected chi connectivity index (χ0v) is 16.3. The summed E-state index contributed by atoms with van der Waals surface area (Å²) in [6.45, 7) is 2.47. The molecule has 1 aliphatic carbocycles. The second-order valence-electron chi connectivity index (χ2n) is 7.55. The number of carbonyl (C=O) groups excluding carboxylic acids is 1. The maximum atomic E-state index is 13.4. The molecule has 0 atom stereocenters. The maximum absolute atomic E-state index is 13.4. The Balaban J connectivity index is 1.28. The van der Waals surface area contributed by atoms with Gasteiger partial charge in [0, 0.05) is 24.2 Å². The Morgan fingerprint density at radius 1 is 1.21 bits per heavy atom. The molecule has 2 aromatic heterocycles. The molecule has 0 radical (unpaired) electrons. The Kier molecular flexibility index (Phi) is 5.64. The number of aryl methyl sites for hydroxylation is 1. The van der Waals surface area contributed by atoms with Crippen molar-refractivity contribution in [3.63, 3.8) is 0 Å². The summed E-state index contributed by atoms with van der Waals surface area (Å²) in [4.78, 5) is 21.1. The van der Waals surface area contributed by atoms with Gasteiger partial charge in [-0.05, 0) is 62.8 Å². The number of carbonyl (C=O) groups is 1. The van der Waals surface area contributed by atoms with E-state index in [0.717, 1.165) is 31.6 Å². The molecule has 0 saturated heterocycles. The van der Waals surface area contributed by atoms with Crippen molar-refractivity contribution < 1.29 is 13.7 Å². The smallest absolute Gasteiger partial charge is 0.252 e. The van der Waals surface area contributed by atoms with E-state index in [9.17, 15) is 9.18 Å². The molecule has 1 aromatic carbocycles. The number of nitrogens with one attached hydrogen (secondary N) is 1. The second-order valence-corrected chi connectivity index (χ2v) is 7.55. The van der Waals surface area contributed by atoms with Crippen molar-refractivity contribution >= 4 is 5.91 Å². The minimum atomic E-state index is -0.310. The van der Waals surface area contributed by atoms with Crippen LogP contribution in [0.4, 0.5) is 4.39 Å². The van der Waals surface area contributed by atoms with Gasteiger partial charge in [-0.3, -0.25) is 9.78 Å². The number of amides is 1.